The van der Waals surface area contributed by atoms with Crippen molar-refractivity contribution in [1.29, 1.82) is 0 Å². The molecule has 0 unspecified atom stereocenters. The Labute approximate surface area is 153 Å². The molecule has 0 atom stereocenters. The van der Waals surface area contributed by atoms with Crippen LogP contribution in [-0.4, -0.2) is 31.0 Å². The number of halogens is 1. The SMILES string of the molecule is CCCN=C(NCCc1ccco1)N(C)Cc1ccsc1.I. The lowest BCUT2D eigenvalue weighted by Gasteiger charge is -2.22. The van der Waals surface area contributed by atoms with Gasteiger partial charge in [-0.1, -0.05) is 6.92 Å². The van der Waals surface area contributed by atoms with Gasteiger partial charge in [0.05, 0.1) is 6.26 Å². The largest absolute Gasteiger partial charge is 0.469 e. The van der Waals surface area contributed by atoms with E-state index in [4.69, 9.17) is 4.42 Å². The second kappa shape index (κ2) is 10.7. The molecule has 4 nitrogen and oxygen atoms in total. The van der Waals surface area contributed by atoms with Gasteiger partial charge in [0.25, 0.3) is 0 Å². The maximum absolute atomic E-state index is 5.35. The summed E-state index contributed by atoms with van der Waals surface area (Å²) in [7, 11) is 2.08. The fraction of sp³-hybridized carbons (Fsp3) is 0.438. The highest BCUT2D eigenvalue weighted by Crippen LogP contribution is 2.08. The highest BCUT2D eigenvalue weighted by molar-refractivity contribution is 14.0. The van der Waals surface area contributed by atoms with Gasteiger partial charge in [-0.05, 0) is 40.9 Å². The van der Waals surface area contributed by atoms with Crippen LogP contribution in [0.4, 0.5) is 0 Å². The highest BCUT2D eigenvalue weighted by atomic mass is 127. The van der Waals surface area contributed by atoms with E-state index in [0.717, 1.165) is 44.2 Å². The van der Waals surface area contributed by atoms with Crippen LogP contribution >= 0.6 is 35.3 Å². The Morgan fingerprint density at radius 3 is 2.91 bits per heavy atom. The van der Waals surface area contributed by atoms with Gasteiger partial charge in [0, 0.05) is 33.1 Å². The highest BCUT2D eigenvalue weighted by Gasteiger charge is 2.07. The molecule has 0 aliphatic heterocycles. The summed E-state index contributed by atoms with van der Waals surface area (Å²) >= 11 is 1.73. The average molecular weight is 433 g/mol. The third-order valence-corrected chi connectivity index (χ3v) is 3.81. The molecule has 2 aromatic rings. The summed E-state index contributed by atoms with van der Waals surface area (Å²) in [5.41, 5.74) is 1.32. The van der Waals surface area contributed by atoms with Crippen molar-refractivity contribution >= 4 is 41.3 Å². The molecule has 122 valence electrons. The summed E-state index contributed by atoms with van der Waals surface area (Å²) in [4.78, 5) is 6.81. The number of guanidine groups is 1. The van der Waals surface area contributed by atoms with Crippen LogP contribution in [0.1, 0.15) is 24.7 Å². The number of nitrogens with one attached hydrogen (secondary N) is 1. The van der Waals surface area contributed by atoms with Gasteiger partial charge in [0.2, 0.25) is 0 Å². The van der Waals surface area contributed by atoms with E-state index in [1.807, 2.05) is 12.1 Å². The van der Waals surface area contributed by atoms with Crippen LogP contribution in [0.5, 0.6) is 0 Å². The van der Waals surface area contributed by atoms with E-state index in [0.29, 0.717) is 0 Å². The Bertz CT molecular complexity index is 526. The van der Waals surface area contributed by atoms with Crippen LogP contribution < -0.4 is 5.32 Å². The number of aliphatic imine (C=N–C) groups is 1. The molecule has 2 heterocycles. The predicted molar refractivity (Wildman–Crippen MR) is 104 cm³/mol. The van der Waals surface area contributed by atoms with Gasteiger partial charge in [0.1, 0.15) is 5.76 Å². The Morgan fingerprint density at radius 2 is 2.27 bits per heavy atom. The molecule has 0 fully saturated rings. The van der Waals surface area contributed by atoms with E-state index >= 15 is 0 Å². The summed E-state index contributed by atoms with van der Waals surface area (Å²) in [6.07, 6.45) is 3.63. The molecule has 0 aliphatic rings. The third kappa shape index (κ3) is 6.39. The number of furan rings is 1. The molecule has 0 spiro atoms. The number of thiophene rings is 1. The minimum atomic E-state index is 0. The molecule has 0 aromatic carbocycles. The molecular formula is C16H24IN3OS. The first-order chi connectivity index (χ1) is 10.3. The van der Waals surface area contributed by atoms with Crippen LogP contribution in [0.25, 0.3) is 0 Å². The van der Waals surface area contributed by atoms with Crippen molar-refractivity contribution in [2.45, 2.75) is 26.3 Å². The average Bonchev–Trinajstić information content (AvgIpc) is 3.15. The van der Waals surface area contributed by atoms with Crippen molar-refractivity contribution in [1.82, 2.24) is 10.2 Å². The quantitative estimate of drug-likeness (QED) is 0.408. The maximum Gasteiger partial charge on any atom is 0.193 e. The molecule has 6 heteroatoms. The van der Waals surface area contributed by atoms with Crippen molar-refractivity contribution < 1.29 is 4.42 Å². The standard InChI is InChI=1S/C16H23N3OS.HI/c1-3-8-17-16(18-9-6-15-5-4-10-20-15)19(2)12-14-7-11-21-13-14;/h4-5,7,10-11,13H,3,6,8-9,12H2,1-2H3,(H,17,18);1H. The van der Waals surface area contributed by atoms with Gasteiger partial charge < -0.3 is 14.6 Å². The van der Waals surface area contributed by atoms with Gasteiger partial charge in [-0.3, -0.25) is 4.99 Å². The monoisotopic (exact) mass is 433 g/mol. The van der Waals surface area contributed by atoms with Crippen molar-refractivity contribution in [2.75, 3.05) is 20.1 Å². The van der Waals surface area contributed by atoms with Crippen LogP contribution in [0, 0.1) is 0 Å². The molecule has 1 N–H and O–H groups in total. The van der Waals surface area contributed by atoms with E-state index in [1.54, 1.807) is 17.6 Å². The topological polar surface area (TPSA) is 40.8 Å². The molecular weight excluding hydrogens is 409 g/mol. The molecule has 2 aromatic heterocycles. The summed E-state index contributed by atoms with van der Waals surface area (Å²) in [6, 6.07) is 6.07. The van der Waals surface area contributed by atoms with Crippen molar-refractivity contribution in [3.05, 3.63) is 46.5 Å². The molecule has 0 saturated heterocycles. The third-order valence-electron chi connectivity index (χ3n) is 3.08. The second-order valence-electron chi connectivity index (χ2n) is 4.95. The van der Waals surface area contributed by atoms with Crippen LogP contribution in [0.15, 0.2) is 44.6 Å². The van der Waals surface area contributed by atoms with Crippen LogP contribution in [0.2, 0.25) is 0 Å². The summed E-state index contributed by atoms with van der Waals surface area (Å²) in [5, 5.41) is 7.71. The molecule has 0 aliphatic carbocycles. The fourth-order valence-electron chi connectivity index (χ4n) is 2.01. The lowest BCUT2D eigenvalue weighted by Crippen LogP contribution is -2.39. The predicted octanol–water partition coefficient (Wildman–Crippen LogP) is 3.99. The summed E-state index contributed by atoms with van der Waals surface area (Å²) < 4.78 is 5.35. The fourth-order valence-corrected chi connectivity index (χ4v) is 2.67. The Balaban J connectivity index is 0.00000242. The number of hydrogen-bond acceptors (Lipinski definition) is 3. The normalized spacial score (nSPS) is 11.1. The molecule has 0 saturated carbocycles. The second-order valence-corrected chi connectivity index (χ2v) is 5.73. The Hall–Kier alpha value is -1.02. The molecule has 2 rings (SSSR count). The number of rotatable bonds is 7. The van der Waals surface area contributed by atoms with E-state index in [-0.39, 0.29) is 24.0 Å². The first kappa shape index (κ1) is 19.0. The Kier molecular flexibility index (Phi) is 9.22. The lowest BCUT2D eigenvalue weighted by atomic mass is 10.3. The molecule has 0 amide bonds. The summed E-state index contributed by atoms with van der Waals surface area (Å²) in [6.45, 7) is 4.68. The number of hydrogen-bond donors (Lipinski definition) is 1. The van der Waals surface area contributed by atoms with E-state index in [2.05, 4.69) is 46.0 Å². The smallest absolute Gasteiger partial charge is 0.193 e. The van der Waals surface area contributed by atoms with Crippen LogP contribution in [0.3, 0.4) is 0 Å². The minimum absolute atomic E-state index is 0. The van der Waals surface area contributed by atoms with Gasteiger partial charge in [-0.15, -0.1) is 24.0 Å². The van der Waals surface area contributed by atoms with Gasteiger partial charge in [0.15, 0.2) is 5.96 Å². The molecule has 0 bridgehead atoms. The molecule has 22 heavy (non-hydrogen) atoms. The number of nitrogens with zero attached hydrogens (tertiary/aromatic N) is 2. The van der Waals surface area contributed by atoms with Crippen LogP contribution in [-0.2, 0) is 13.0 Å². The zero-order valence-corrected chi connectivity index (χ0v) is 16.3. The van der Waals surface area contributed by atoms with Gasteiger partial charge in [-0.25, -0.2) is 0 Å². The van der Waals surface area contributed by atoms with Crippen molar-refractivity contribution in [3.8, 4) is 0 Å². The van der Waals surface area contributed by atoms with E-state index < -0.39 is 0 Å². The van der Waals surface area contributed by atoms with E-state index in [9.17, 15) is 0 Å². The van der Waals surface area contributed by atoms with Crippen molar-refractivity contribution in [2.24, 2.45) is 4.99 Å². The lowest BCUT2D eigenvalue weighted by molar-refractivity contribution is 0.468. The van der Waals surface area contributed by atoms with Crippen molar-refractivity contribution in [3.63, 3.8) is 0 Å². The Morgan fingerprint density at radius 1 is 1.41 bits per heavy atom. The first-order valence-corrected chi connectivity index (χ1v) is 8.26. The van der Waals surface area contributed by atoms with Gasteiger partial charge in [-0.2, -0.15) is 11.3 Å². The maximum atomic E-state index is 5.35. The zero-order valence-electron chi connectivity index (χ0n) is 13.1. The van der Waals surface area contributed by atoms with Gasteiger partial charge >= 0.3 is 0 Å². The summed E-state index contributed by atoms with van der Waals surface area (Å²) in [5.74, 6) is 1.95. The minimum Gasteiger partial charge on any atom is -0.469 e. The molecule has 0 radical (unpaired) electrons. The zero-order chi connectivity index (χ0) is 14.9. The first-order valence-electron chi connectivity index (χ1n) is 7.32. The van der Waals surface area contributed by atoms with E-state index in [1.165, 1.54) is 5.56 Å².